The summed E-state index contributed by atoms with van der Waals surface area (Å²) in [5.41, 5.74) is 5.47. The van der Waals surface area contributed by atoms with Gasteiger partial charge in [-0.15, -0.1) is 0 Å². The smallest absolute Gasteiger partial charge is 0.358 e. The largest absolute Gasteiger partial charge is 0.451 e. The lowest BCUT2D eigenvalue weighted by Gasteiger charge is -2.33. The van der Waals surface area contributed by atoms with Crippen LogP contribution < -0.4 is 26.2 Å². The third kappa shape index (κ3) is 12.0. The molecule has 2 amide bonds. The van der Waals surface area contributed by atoms with E-state index in [1.54, 1.807) is 6.07 Å². The third-order valence-corrected chi connectivity index (χ3v) is 7.73. The van der Waals surface area contributed by atoms with Crippen molar-refractivity contribution in [3.05, 3.63) is 47.3 Å². The SMILES string of the molecule is NCCNC(=O)CCCC1CCN(c2cc(N3CCCC3)nc(C(F)(F)F)n2)CC1.O=CNCCc1ccc(C(F)(F)F)cc1. The van der Waals surface area contributed by atoms with Crippen LogP contribution in [0.4, 0.5) is 38.0 Å². The Balaban J connectivity index is 0.000000309. The Labute approximate surface area is 258 Å². The predicted octanol–water partition coefficient (Wildman–Crippen LogP) is 4.55. The second-order valence-corrected chi connectivity index (χ2v) is 11.1. The van der Waals surface area contributed by atoms with Gasteiger partial charge in [0.1, 0.15) is 11.6 Å². The number of carbonyl (C=O) groups is 2. The Hall–Kier alpha value is -3.62. The van der Waals surface area contributed by atoms with Crippen LogP contribution >= 0.6 is 0 Å². The normalized spacial score (nSPS) is 15.8. The van der Waals surface area contributed by atoms with E-state index in [9.17, 15) is 35.9 Å². The van der Waals surface area contributed by atoms with Gasteiger partial charge in [0.05, 0.1) is 5.56 Å². The zero-order chi connectivity index (χ0) is 32.9. The molecule has 4 N–H and O–H groups in total. The molecule has 0 radical (unpaired) electrons. The average molecular weight is 646 g/mol. The Morgan fingerprint density at radius 2 is 1.51 bits per heavy atom. The van der Waals surface area contributed by atoms with Gasteiger partial charge in [-0.1, -0.05) is 12.1 Å². The molecule has 45 heavy (non-hydrogen) atoms. The fraction of sp³-hybridized carbons (Fsp3) is 0.600. The summed E-state index contributed by atoms with van der Waals surface area (Å²) in [6, 6.07) is 6.60. The van der Waals surface area contributed by atoms with Crippen molar-refractivity contribution in [2.24, 2.45) is 11.7 Å². The molecule has 1 aromatic carbocycles. The molecule has 0 aliphatic carbocycles. The number of rotatable bonds is 12. The number of amides is 2. The first-order valence-electron chi connectivity index (χ1n) is 15.2. The summed E-state index contributed by atoms with van der Waals surface area (Å²) < 4.78 is 76.5. The van der Waals surface area contributed by atoms with E-state index >= 15 is 0 Å². The number of halogens is 6. The molecule has 2 aromatic rings. The van der Waals surface area contributed by atoms with Crippen LogP contribution in [0.2, 0.25) is 0 Å². The van der Waals surface area contributed by atoms with E-state index in [0.29, 0.717) is 69.5 Å². The van der Waals surface area contributed by atoms with Gasteiger partial charge in [0.2, 0.25) is 18.1 Å². The molecule has 250 valence electrons. The van der Waals surface area contributed by atoms with Crippen molar-refractivity contribution in [2.75, 3.05) is 55.6 Å². The second kappa shape index (κ2) is 17.2. The zero-order valence-electron chi connectivity index (χ0n) is 25.1. The highest BCUT2D eigenvalue weighted by Crippen LogP contribution is 2.33. The van der Waals surface area contributed by atoms with Gasteiger partial charge >= 0.3 is 12.4 Å². The fourth-order valence-corrected chi connectivity index (χ4v) is 5.26. The van der Waals surface area contributed by atoms with Crippen LogP contribution in [0.3, 0.4) is 0 Å². The zero-order valence-corrected chi connectivity index (χ0v) is 25.1. The lowest BCUT2D eigenvalue weighted by molar-refractivity contribution is -0.144. The molecule has 15 heteroatoms. The topological polar surface area (TPSA) is 116 Å². The average Bonchev–Trinajstić information content (AvgIpc) is 3.56. The summed E-state index contributed by atoms with van der Waals surface area (Å²) in [4.78, 5) is 33.0. The van der Waals surface area contributed by atoms with E-state index in [1.807, 2.05) is 9.80 Å². The standard InChI is InChI=1S/C20H31F3N6O.C10H10F3NO/c21-20(22,23)19-26-16(28-10-1-2-11-28)14-17(27-19)29-12-6-15(7-13-29)4-3-5-18(30)25-9-8-24;11-10(12,13)9-3-1-8(2-4-9)5-6-14-7-15/h14-15H,1-13,24H2,(H,25,30);1-4,7H,5-6H2,(H,14,15). The molecule has 2 aliphatic rings. The maximum atomic E-state index is 13.3. The molecular formula is C30H41F6N7O2. The number of carbonyl (C=O) groups excluding carboxylic acids is 2. The molecule has 3 heterocycles. The third-order valence-electron chi connectivity index (χ3n) is 7.73. The first-order valence-corrected chi connectivity index (χ1v) is 15.2. The minimum atomic E-state index is -4.56. The molecular weight excluding hydrogens is 604 g/mol. The highest BCUT2D eigenvalue weighted by atomic mass is 19.4. The molecule has 0 saturated carbocycles. The first-order chi connectivity index (χ1) is 21.4. The highest BCUT2D eigenvalue weighted by Gasteiger charge is 2.37. The molecule has 1 aromatic heterocycles. The molecule has 2 saturated heterocycles. The van der Waals surface area contributed by atoms with E-state index in [2.05, 4.69) is 20.6 Å². The Bertz CT molecular complexity index is 1200. The molecule has 0 unspecified atom stereocenters. The molecule has 0 atom stereocenters. The number of hydrogen-bond acceptors (Lipinski definition) is 7. The lowest BCUT2D eigenvalue weighted by atomic mass is 9.91. The molecule has 9 nitrogen and oxygen atoms in total. The van der Waals surface area contributed by atoms with Crippen LogP contribution in [-0.2, 0) is 28.4 Å². The van der Waals surface area contributed by atoms with Crippen molar-refractivity contribution in [2.45, 2.75) is 63.7 Å². The summed E-state index contributed by atoms with van der Waals surface area (Å²) >= 11 is 0. The first kappa shape index (κ1) is 35.9. The van der Waals surface area contributed by atoms with Gasteiger partial charge in [-0.3, -0.25) is 9.59 Å². The lowest BCUT2D eigenvalue weighted by Crippen LogP contribution is -2.35. The summed E-state index contributed by atoms with van der Waals surface area (Å²) in [5.74, 6) is 0.167. The number of benzene rings is 1. The number of nitrogens with zero attached hydrogens (tertiary/aromatic N) is 4. The van der Waals surface area contributed by atoms with Crippen LogP contribution in [0, 0.1) is 5.92 Å². The molecule has 0 bridgehead atoms. The van der Waals surface area contributed by atoms with E-state index < -0.39 is 23.7 Å². The number of alkyl halides is 6. The fourth-order valence-electron chi connectivity index (χ4n) is 5.26. The van der Waals surface area contributed by atoms with Crippen LogP contribution in [-0.4, -0.2) is 68.1 Å². The number of hydrogen-bond donors (Lipinski definition) is 3. The molecule has 4 rings (SSSR count). The van der Waals surface area contributed by atoms with Crippen molar-refractivity contribution in [1.29, 1.82) is 0 Å². The Kier molecular flexibility index (Phi) is 13.7. The Morgan fingerprint density at radius 3 is 2.04 bits per heavy atom. The van der Waals surface area contributed by atoms with Crippen LogP contribution in [0.15, 0.2) is 30.3 Å². The maximum absolute atomic E-state index is 13.3. The van der Waals surface area contributed by atoms with Gasteiger partial charge in [0.15, 0.2) is 0 Å². The van der Waals surface area contributed by atoms with Crippen molar-refractivity contribution >= 4 is 24.0 Å². The number of piperidine rings is 1. The highest BCUT2D eigenvalue weighted by molar-refractivity contribution is 5.75. The van der Waals surface area contributed by atoms with E-state index in [0.717, 1.165) is 69.3 Å². The minimum absolute atomic E-state index is 0.0213. The number of nitrogens with one attached hydrogen (secondary N) is 2. The number of nitrogens with two attached hydrogens (primary N) is 1. The monoisotopic (exact) mass is 645 g/mol. The van der Waals surface area contributed by atoms with Gasteiger partial charge in [-0.25, -0.2) is 9.97 Å². The van der Waals surface area contributed by atoms with Crippen molar-refractivity contribution in [3.8, 4) is 0 Å². The van der Waals surface area contributed by atoms with E-state index in [1.165, 1.54) is 12.1 Å². The molecule has 2 fully saturated rings. The van der Waals surface area contributed by atoms with Crippen LogP contribution in [0.1, 0.15) is 61.9 Å². The van der Waals surface area contributed by atoms with Crippen molar-refractivity contribution < 1.29 is 35.9 Å². The van der Waals surface area contributed by atoms with Crippen LogP contribution in [0.25, 0.3) is 0 Å². The molecule has 2 aliphatic heterocycles. The molecule has 0 spiro atoms. The quantitative estimate of drug-likeness (QED) is 0.176. The minimum Gasteiger partial charge on any atom is -0.358 e. The van der Waals surface area contributed by atoms with Gasteiger partial charge in [-0.05, 0) is 68.6 Å². The van der Waals surface area contributed by atoms with Gasteiger partial charge < -0.3 is 26.2 Å². The van der Waals surface area contributed by atoms with E-state index in [4.69, 9.17) is 5.73 Å². The summed E-state index contributed by atoms with van der Waals surface area (Å²) in [5, 5.41) is 5.20. The maximum Gasteiger partial charge on any atom is 0.451 e. The van der Waals surface area contributed by atoms with E-state index in [-0.39, 0.29) is 5.91 Å². The summed E-state index contributed by atoms with van der Waals surface area (Å²) in [6.45, 7) is 4.14. The van der Waals surface area contributed by atoms with Crippen molar-refractivity contribution in [3.63, 3.8) is 0 Å². The number of aromatic nitrogens is 2. The summed E-state index contributed by atoms with van der Waals surface area (Å²) in [6.07, 6.45) is -1.82. The number of anilines is 2. The van der Waals surface area contributed by atoms with Crippen molar-refractivity contribution in [1.82, 2.24) is 20.6 Å². The summed E-state index contributed by atoms with van der Waals surface area (Å²) in [7, 11) is 0. The van der Waals surface area contributed by atoms with Crippen LogP contribution in [0.5, 0.6) is 0 Å². The Morgan fingerprint density at radius 1 is 0.911 bits per heavy atom. The predicted molar refractivity (Wildman–Crippen MR) is 159 cm³/mol. The van der Waals surface area contributed by atoms with Gasteiger partial charge in [0.25, 0.3) is 0 Å². The second-order valence-electron chi connectivity index (χ2n) is 11.1. The van der Waals surface area contributed by atoms with Gasteiger partial charge in [0, 0.05) is 58.3 Å². The van der Waals surface area contributed by atoms with Gasteiger partial charge in [-0.2, -0.15) is 26.3 Å².